The number of benzene rings is 1. The number of hydrogen-bond acceptors (Lipinski definition) is 2. The molecule has 0 bridgehead atoms. The third kappa shape index (κ3) is 1.74. The van der Waals surface area contributed by atoms with Gasteiger partial charge >= 0.3 is 0 Å². The Morgan fingerprint density at radius 1 is 1.40 bits per heavy atom. The topological polar surface area (TPSA) is 29.5 Å². The molecule has 0 atom stereocenters. The smallest absolute Gasteiger partial charge is 0.122 e. The van der Waals surface area contributed by atoms with Crippen molar-refractivity contribution in [3.8, 4) is 5.75 Å². The molecule has 0 aromatic heterocycles. The second-order valence-corrected chi connectivity index (χ2v) is 4.25. The van der Waals surface area contributed by atoms with Gasteiger partial charge in [-0.2, -0.15) is 0 Å². The van der Waals surface area contributed by atoms with Crippen molar-refractivity contribution < 1.29 is 9.84 Å². The maximum absolute atomic E-state index is 10.3. The lowest BCUT2D eigenvalue weighted by atomic mass is 9.73. The summed E-state index contributed by atoms with van der Waals surface area (Å²) >= 11 is 0. The average Bonchev–Trinajstić information content (AvgIpc) is 2.18. The van der Waals surface area contributed by atoms with Crippen molar-refractivity contribution in [3.05, 3.63) is 29.3 Å². The normalized spacial score (nSPS) is 18.3. The molecule has 1 aliphatic carbocycles. The Balaban J connectivity index is 2.35. The van der Waals surface area contributed by atoms with E-state index in [9.17, 15) is 5.11 Å². The third-order valence-electron chi connectivity index (χ3n) is 3.27. The molecular formula is C13H18O2. The van der Waals surface area contributed by atoms with Crippen LogP contribution in [0.15, 0.2) is 18.2 Å². The van der Waals surface area contributed by atoms with E-state index >= 15 is 0 Å². The molecular weight excluding hydrogens is 188 g/mol. The van der Waals surface area contributed by atoms with Crippen LogP contribution in [0.1, 0.15) is 37.3 Å². The summed E-state index contributed by atoms with van der Waals surface area (Å²) in [6, 6.07) is 5.94. The highest BCUT2D eigenvalue weighted by Crippen LogP contribution is 2.43. The van der Waals surface area contributed by atoms with Crippen molar-refractivity contribution in [1.29, 1.82) is 0 Å². The molecule has 2 heteroatoms. The Labute approximate surface area is 90.9 Å². The predicted octanol–water partition coefficient (Wildman–Crippen LogP) is 2.77. The van der Waals surface area contributed by atoms with Gasteiger partial charge in [-0.15, -0.1) is 0 Å². The first-order chi connectivity index (χ1) is 7.17. The summed E-state index contributed by atoms with van der Waals surface area (Å²) < 4.78 is 5.53. The van der Waals surface area contributed by atoms with Crippen molar-refractivity contribution >= 4 is 0 Å². The summed E-state index contributed by atoms with van der Waals surface area (Å²) in [5, 5.41) is 10.3. The van der Waals surface area contributed by atoms with Crippen LogP contribution in [0.4, 0.5) is 0 Å². The van der Waals surface area contributed by atoms with Crippen molar-refractivity contribution in [2.24, 2.45) is 0 Å². The highest BCUT2D eigenvalue weighted by Gasteiger charge is 2.37. The summed E-state index contributed by atoms with van der Waals surface area (Å²) in [4.78, 5) is 0. The average molecular weight is 206 g/mol. The Hall–Kier alpha value is -1.02. The summed E-state index contributed by atoms with van der Waals surface area (Å²) in [6.07, 6.45) is 2.88. The molecule has 0 saturated heterocycles. The molecule has 2 rings (SSSR count). The molecule has 0 radical (unpaired) electrons. The van der Waals surface area contributed by atoms with Crippen LogP contribution in [0, 0.1) is 6.92 Å². The Bertz CT molecular complexity index is 354. The predicted molar refractivity (Wildman–Crippen MR) is 60.1 cm³/mol. The van der Waals surface area contributed by atoms with Crippen molar-refractivity contribution in [2.45, 2.75) is 38.7 Å². The van der Waals surface area contributed by atoms with Gasteiger partial charge in [0, 0.05) is 0 Å². The minimum absolute atomic E-state index is 0.586. The zero-order valence-corrected chi connectivity index (χ0v) is 9.42. The van der Waals surface area contributed by atoms with E-state index in [1.165, 1.54) is 0 Å². The standard InChI is InChI=1S/C13H18O2/c1-3-15-12-7-4-6-11(10(12)2)13(14)8-5-9-13/h4,6-7,14H,3,5,8-9H2,1-2H3. The summed E-state index contributed by atoms with van der Waals surface area (Å²) in [5.41, 5.74) is 1.54. The van der Waals surface area contributed by atoms with Gasteiger partial charge in [0.25, 0.3) is 0 Å². The van der Waals surface area contributed by atoms with Gasteiger partial charge in [-0.05, 0) is 50.3 Å². The number of ether oxygens (including phenoxy) is 1. The number of hydrogen-bond donors (Lipinski definition) is 1. The van der Waals surface area contributed by atoms with Gasteiger partial charge in [-0.1, -0.05) is 12.1 Å². The van der Waals surface area contributed by atoms with E-state index in [1.807, 2.05) is 32.0 Å². The van der Waals surface area contributed by atoms with Crippen molar-refractivity contribution in [1.82, 2.24) is 0 Å². The molecule has 0 heterocycles. The molecule has 0 aliphatic heterocycles. The summed E-state index contributed by atoms with van der Waals surface area (Å²) in [7, 11) is 0. The van der Waals surface area contributed by atoms with E-state index in [2.05, 4.69) is 0 Å². The van der Waals surface area contributed by atoms with E-state index in [-0.39, 0.29) is 0 Å². The zero-order valence-electron chi connectivity index (χ0n) is 9.42. The second-order valence-electron chi connectivity index (χ2n) is 4.25. The number of aliphatic hydroxyl groups is 1. The fraction of sp³-hybridized carbons (Fsp3) is 0.538. The highest BCUT2D eigenvalue weighted by molar-refractivity contribution is 5.43. The summed E-state index contributed by atoms with van der Waals surface area (Å²) in [6.45, 7) is 4.67. The molecule has 1 aromatic carbocycles. The fourth-order valence-electron chi connectivity index (χ4n) is 2.21. The molecule has 2 nitrogen and oxygen atoms in total. The van der Waals surface area contributed by atoms with Crippen molar-refractivity contribution in [2.75, 3.05) is 6.61 Å². The zero-order chi connectivity index (χ0) is 10.9. The molecule has 0 amide bonds. The first kappa shape index (κ1) is 10.5. The van der Waals surface area contributed by atoms with Gasteiger partial charge in [-0.25, -0.2) is 0 Å². The van der Waals surface area contributed by atoms with Crippen LogP contribution in [0.5, 0.6) is 5.75 Å². The molecule has 1 fully saturated rings. The van der Waals surface area contributed by atoms with Gasteiger partial charge in [0.05, 0.1) is 12.2 Å². The quantitative estimate of drug-likeness (QED) is 0.824. The fourth-order valence-corrected chi connectivity index (χ4v) is 2.21. The minimum Gasteiger partial charge on any atom is -0.494 e. The maximum Gasteiger partial charge on any atom is 0.122 e. The summed E-state index contributed by atoms with van der Waals surface area (Å²) in [5.74, 6) is 0.898. The van der Waals surface area contributed by atoms with Crippen LogP contribution >= 0.6 is 0 Å². The largest absolute Gasteiger partial charge is 0.494 e. The van der Waals surface area contributed by atoms with Crippen molar-refractivity contribution in [3.63, 3.8) is 0 Å². The lowest BCUT2D eigenvalue weighted by Crippen LogP contribution is -2.34. The highest BCUT2D eigenvalue weighted by atomic mass is 16.5. The van der Waals surface area contributed by atoms with E-state index < -0.39 is 5.60 Å². The van der Waals surface area contributed by atoms with Gasteiger partial charge in [0.1, 0.15) is 5.75 Å². The van der Waals surface area contributed by atoms with E-state index in [0.717, 1.165) is 36.1 Å². The Morgan fingerprint density at radius 3 is 2.67 bits per heavy atom. The maximum atomic E-state index is 10.3. The third-order valence-corrected chi connectivity index (χ3v) is 3.27. The van der Waals surface area contributed by atoms with E-state index in [0.29, 0.717) is 6.61 Å². The lowest BCUT2D eigenvalue weighted by molar-refractivity contribution is -0.0394. The molecule has 0 unspecified atom stereocenters. The van der Waals surface area contributed by atoms with Gasteiger partial charge in [0.15, 0.2) is 0 Å². The van der Waals surface area contributed by atoms with Crippen LogP contribution in [0.25, 0.3) is 0 Å². The molecule has 1 aromatic rings. The first-order valence-corrected chi connectivity index (χ1v) is 5.62. The SMILES string of the molecule is CCOc1cccc(C2(O)CCC2)c1C. The monoisotopic (exact) mass is 206 g/mol. The van der Waals surface area contributed by atoms with Gasteiger partial charge < -0.3 is 9.84 Å². The molecule has 15 heavy (non-hydrogen) atoms. The molecule has 1 aliphatic rings. The molecule has 82 valence electrons. The molecule has 0 spiro atoms. The van der Waals surface area contributed by atoms with Crippen LogP contribution in [0.3, 0.4) is 0 Å². The molecule has 1 N–H and O–H groups in total. The molecule has 1 saturated carbocycles. The Kier molecular flexibility index (Phi) is 2.70. The van der Waals surface area contributed by atoms with Crippen LogP contribution < -0.4 is 4.74 Å². The lowest BCUT2D eigenvalue weighted by Gasteiger charge is -2.38. The Morgan fingerprint density at radius 2 is 2.13 bits per heavy atom. The first-order valence-electron chi connectivity index (χ1n) is 5.62. The van der Waals surface area contributed by atoms with Crippen LogP contribution in [0.2, 0.25) is 0 Å². The van der Waals surface area contributed by atoms with E-state index in [1.54, 1.807) is 0 Å². The van der Waals surface area contributed by atoms with E-state index in [4.69, 9.17) is 4.74 Å². The van der Waals surface area contributed by atoms with Crippen LogP contribution in [-0.2, 0) is 5.60 Å². The second kappa shape index (κ2) is 3.86. The van der Waals surface area contributed by atoms with Gasteiger partial charge in [0.2, 0.25) is 0 Å². The minimum atomic E-state index is -0.586. The van der Waals surface area contributed by atoms with Gasteiger partial charge in [-0.3, -0.25) is 0 Å². The number of rotatable bonds is 3. The van der Waals surface area contributed by atoms with Crippen LogP contribution in [-0.4, -0.2) is 11.7 Å².